The molecule has 2 N–H and O–H groups in total. The lowest BCUT2D eigenvalue weighted by Gasteiger charge is -2.38. The van der Waals surface area contributed by atoms with E-state index in [4.69, 9.17) is 5.73 Å². The number of nitrogens with zero attached hydrogens (tertiary/aromatic N) is 5. The lowest BCUT2D eigenvalue weighted by Crippen LogP contribution is -2.56. The average molecular weight is 386 g/mol. The van der Waals surface area contributed by atoms with Crippen LogP contribution in [0.4, 0.5) is 14.5 Å². The maximum atomic E-state index is 14.0. The van der Waals surface area contributed by atoms with Crippen molar-refractivity contribution in [2.24, 2.45) is 17.6 Å². The van der Waals surface area contributed by atoms with E-state index in [0.717, 1.165) is 18.8 Å². The van der Waals surface area contributed by atoms with Crippen LogP contribution in [-0.4, -0.2) is 59.6 Å². The van der Waals surface area contributed by atoms with Gasteiger partial charge in [0.05, 0.1) is 23.8 Å². The van der Waals surface area contributed by atoms with Gasteiger partial charge in [0.2, 0.25) is 0 Å². The lowest BCUT2D eigenvalue weighted by molar-refractivity contribution is -0.0827. The predicted molar refractivity (Wildman–Crippen MR) is 103 cm³/mol. The first kappa shape index (κ1) is 19.0. The van der Waals surface area contributed by atoms with E-state index in [2.05, 4.69) is 27.9 Å². The smallest absolute Gasteiger partial charge is 0.275 e. The van der Waals surface area contributed by atoms with Crippen LogP contribution >= 0.6 is 0 Å². The van der Waals surface area contributed by atoms with Crippen LogP contribution in [0.1, 0.15) is 18.9 Å². The van der Waals surface area contributed by atoms with Gasteiger partial charge in [-0.1, -0.05) is 6.92 Å². The maximum absolute atomic E-state index is 14.0. The zero-order valence-corrected chi connectivity index (χ0v) is 15.9. The molecule has 2 aliphatic rings. The third-order valence-corrected chi connectivity index (χ3v) is 6.06. The second-order valence-corrected chi connectivity index (χ2v) is 8.03. The molecule has 2 aromatic rings. The number of anilines is 1. The van der Waals surface area contributed by atoms with Crippen molar-refractivity contribution in [2.45, 2.75) is 25.3 Å². The zero-order chi connectivity index (χ0) is 19.9. The molecule has 1 aromatic carbocycles. The number of nitriles is 1. The lowest BCUT2D eigenvalue weighted by atomic mass is 9.95. The van der Waals surface area contributed by atoms with E-state index in [-0.39, 0.29) is 12.5 Å². The van der Waals surface area contributed by atoms with Gasteiger partial charge in [0.1, 0.15) is 17.1 Å². The third kappa shape index (κ3) is 3.40. The van der Waals surface area contributed by atoms with Crippen LogP contribution in [0, 0.1) is 23.2 Å². The molecule has 0 bridgehead atoms. The summed E-state index contributed by atoms with van der Waals surface area (Å²) in [4.78, 5) is 12.9. The zero-order valence-electron chi connectivity index (χ0n) is 15.9. The van der Waals surface area contributed by atoms with Gasteiger partial charge in [0.25, 0.3) is 5.92 Å². The van der Waals surface area contributed by atoms with Crippen molar-refractivity contribution >= 4 is 16.7 Å². The Bertz CT molecular complexity index is 911. The van der Waals surface area contributed by atoms with E-state index < -0.39 is 12.0 Å². The summed E-state index contributed by atoms with van der Waals surface area (Å²) in [6.07, 6.45) is 3.54. The van der Waals surface area contributed by atoms with Crippen molar-refractivity contribution in [2.75, 3.05) is 37.6 Å². The molecule has 3 atom stereocenters. The van der Waals surface area contributed by atoms with Crippen molar-refractivity contribution in [1.29, 1.82) is 5.26 Å². The molecule has 0 spiro atoms. The summed E-state index contributed by atoms with van der Waals surface area (Å²) >= 11 is 0. The fraction of sp³-hybridized carbons (Fsp3) is 0.550. The minimum absolute atomic E-state index is 0.261. The van der Waals surface area contributed by atoms with E-state index in [1.165, 1.54) is 0 Å². The number of rotatable bonds is 3. The first-order valence-electron chi connectivity index (χ1n) is 9.63. The van der Waals surface area contributed by atoms with Crippen molar-refractivity contribution in [3.05, 3.63) is 30.1 Å². The molecule has 8 heteroatoms. The summed E-state index contributed by atoms with van der Waals surface area (Å²) < 4.78 is 28.0. The van der Waals surface area contributed by atoms with E-state index in [1.54, 1.807) is 18.5 Å². The van der Waals surface area contributed by atoms with Crippen molar-refractivity contribution in [3.63, 3.8) is 0 Å². The number of benzene rings is 1. The number of hydrogen-bond donors (Lipinski definition) is 1. The van der Waals surface area contributed by atoms with Gasteiger partial charge in [-0.3, -0.25) is 14.9 Å². The Labute approximate surface area is 163 Å². The Hall–Kier alpha value is -2.37. The molecule has 1 unspecified atom stereocenters. The van der Waals surface area contributed by atoms with Crippen LogP contribution in [0.15, 0.2) is 24.5 Å². The maximum Gasteiger partial charge on any atom is 0.275 e. The molecule has 0 radical (unpaired) electrons. The molecular formula is C20H24F2N6. The summed E-state index contributed by atoms with van der Waals surface area (Å²) in [7, 11) is 0. The Morgan fingerprint density at radius 3 is 2.71 bits per heavy atom. The highest BCUT2D eigenvalue weighted by atomic mass is 19.3. The van der Waals surface area contributed by atoms with E-state index in [0.29, 0.717) is 42.0 Å². The highest BCUT2D eigenvalue weighted by Gasteiger charge is 2.43. The van der Waals surface area contributed by atoms with E-state index >= 15 is 0 Å². The Kier molecular flexibility index (Phi) is 4.89. The van der Waals surface area contributed by atoms with Crippen LogP contribution in [-0.2, 0) is 0 Å². The minimum atomic E-state index is -2.82. The molecule has 0 saturated carbocycles. The molecule has 2 fully saturated rings. The third-order valence-electron chi connectivity index (χ3n) is 6.06. The summed E-state index contributed by atoms with van der Waals surface area (Å²) in [6, 6.07) is 4.81. The Morgan fingerprint density at radius 1 is 1.25 bits per heavy atom. The normalized spacial score (nSPS) is 27.8. The number of fused-ring (bicyclic) bond motifs is 1. The average Bonchev–Trinajstić information content (AvgIpc) is 3.03. The van der Waals surface area contributed by atoms with Crippen molar-refractivity contribution in [1.82, 2.24) is 14.9 Å². The van der Waals surface area contributed by atoms with Crippen molar-refractivity contribution < 1.29 is 8.78 Å². The van der Waals surface area contributed by atoms with E-state index in [9.17, 15) is 14.0 Å². The number of nitrogens with two attached hydrogens (primary N) is 1. The first-order valence-corrected chi connectivity index (χ1v) is 9.63. The van der Waals surface area contributed by atoms with Gasteiger partial charge in [-0.2, -0.15) is 5.26 Å². The standard InChI is InChI=1S/C20H24F2N6/c1-13-9-28(11-15(13)10-27-7-4-17(24)20(21,22)12-27)16-3-2-14(8-23)18-19(16)26-6-5-25-18/h2-3,5-6,13,15,17H,4,7,9-12,24H2,1H3/t13-,15-,17?/m0/s1. The summed E-state index contributed by atoms with van der Waals surface area (Å²) in [5.74, 6) is -2.17. The van der Waals surface area contributed by atoms with Crippen LogP contribution in [0.25, 0.3) is 11.0 Å². The van der Waals surface area contributed by atoms with Crippen LogP contribution < -0.4 is 10.6 Å². The van der Waals surface area contributed by atoms with Crippen LogP contribution in [0.3, 0.4) is 0 Å². The van der Waals surface area contributed by atoms with Gasteiger partial charge in [0.15, 0.2) is 0 Å². The van der Waals surface area contributed by atoms with Crippen LogP contribution in [0.2, 0.25) is 0 Å². The molecule has 6 nitrogen and oxygen atoms in total. The van der Waals surface area contributed by atoms with Gasteiger partial charge in [-0.05, 0) is 30.4 Å². The van der Waals surface area contributed by atoms with Crippen molar-refractivity contribution in [3.8, 4) is 6.07 Å². The molecule has 4 rings (SSSR count). The first-order chi connectivity index (χ1) is 13.4. The summed E-state index contributed by atoms with van der Waals surface area (Å²) in [5.41, 5.74) is 8.33. The SMILES string of the molecule is C[C@H]1CN(c2ccc(C#N)c3nccnc23)C[C@@H]1CN1CCC(N)C(F)(F)C1. The quantitative estimate of drug-likeness (QED) is 0.871. The summed E-state index contributed by atoms with van der Waals surface area (Å²) in [5, 5.41) is 9.31. The number of halogens is 2. The molecule has 1 aromatic heterocycles. The monoisotopic (exact) mass is 386 g/mol. The van der Waals surface area contributed by atoms with Gasteiger partial charge in [-0.25, -0.2) is 8.78 Å². The fourth-order valence-corrected chi connectivity index (χ4v) is 4.37. The minimum Gasteiger partial charge on any atom is -0.369 e. The second kappa shape index (κ2) is 7.22. The fourth-order valence-electron chi connectivity index (χ4n) is 4.37. The molecule has 148 valence electrons. The number of piperidine rings is 1. The van der Waals surface area contributed by atoms with Gasteiger partial charge >= 0.3 is 0 Å². The van der Waals surface area contributed by atoms with Gasteiger partial charge in [0, 0.05) is 38.6 Å². The largest absolute Gasteiger partial charge is 0.369 e. The number of aromatic nitrogens is 2. The highest BCUT2D eigenvalue weighted by Crippen LogP contribution is 2.34. The molecule has 0 amide bonds. The molecule has 28 heavy (non-hydrogen) atoms. The van der Waals surface area contributed by atoms with Crippen LogP contribution in [0.5, 0.6) is 0 Å². The summed E-state index contributed by atoms with van der Waals surface area (Å²) in [6.45, 7) is 4.75. The molecule has 2 saturated heterocycles. The second-order valence-electron chi connectivity index (χ2n) is 8.03. The number of likely N-dealkylation sites (tertiary alicyclic amines) is 1. The molecule has 0 aliphatic carbocycles. The molecular weight excluding hydrogens is 362 g/mol. The number of hydrogen-bond acceptors (Lipinski definition) is 6. The van der Waals surface area contributed by atoms with Gasteiger partial charge in [-0.15, -0.1) is 0 Å². The molecule has 2 aliphatic heterocycles. The predicted octanol–water partition coefficient (Wildman–Crippen LogP) is 2.24. The Balaban J connectivity index is 1.52. The number of alkyl halides is 2. The van der Waals surface area contributed by atoms with Gasteiger partial charge < -0.3 is 10.6 Å². The topological polar surface area (TPSA) is 82.1 Å². The Morgan fingerprint density at radius 2 is 2.00 bits per heavy atom. The molecule has 3 heterocycles. The van der Waals surface area contributed by atoms with E-state index in [1.807, 2.05) is 11.0 Å². The highest BCUT2D eigenvalue weighted by molar-refractivity contribution is 5.92.